The Morgan fingerprint density at radius 3 is 2.40 bits per heavy atom. The van der Waals surface area contributed by atoms with Crippen molar-refractivity contribution >= 4 is 62.5 Å². The molecule has 2 nitrogen and oxygen atoms in total. The summed E-state index contributed by atoms with van der Waals surface area (Å²) in [5.74, 6) is 0.128. The van der Waals surface area contributed by atoms with Crippen molar-refractivity contribution in [2.45, 2.75) is 4.90 Å². The van der Waals surface area contributed by atoms with Gasteiger partial charge < -0.3 is 5.32 Å². The number of thioether (sulfide) groups is 1. The number of carbonyl (C=O) groups is 1. The van der Waals surface area contributed by atoms with E-state index in [4.69, 9.17) is 23.2 Å². The molecule has 2 aromatic rings. The van der Waals surface area contributed by atoms with Crippen LogP contribution in [-0.2, 0) is 4.79 Å². The molecule has 0 atom stereocenters. The van der Waals surface area contributed by atoms with Crippen LogP contribution >= 0.6 is 50.9 Å². The molecule has 0 saturated heterocycles. The first-order valence-corrected chi connectivity index (χ1v) is 8.22. The quantitative estimate of drug-likeness (QED) is 0.699. The van der Waals surface area contributed by atoms with Crippen LogP contribution in [0, 0.1) is 0 Å². The van der Waals surface area contributed by atoms with Crippen LogP contribution in [0.15, 0.2) is 51.8 Å². The summed E-state index contributed by atoms with van der Waals surface area (Å²) in [6.07, 6.45) is 0. The molecule has 0 spiro atoms. The lowest BCUT2D eigenvalue weighted by Crippen LogP contribution is -2.14. The molecular formula is C14H10BrCl2NOS. The van der Waals surface area contributed by atoms with E-state index >= 15 is 0 Å². The molecule has 20 heavy (non-hydrogen) atoms. The van der Waals surface area contributed by atoms with E-state index < -0.39 is 0 Å². The summed E-state index contributed by atoms with van der Waals surface area (Å²) in [5, 5.41) is 3.93. The van der Waals surface area contributed by atoms with Crippen LogP contribution in [0.1, 0.15) is 0 Å². The zero-order chi connectivity index (χ0) is 14.5. The molecule has 104 valence electrons. The third-order valence-corrected chi connectivity index (χ3v) is 5.10. The van der Waals surface area contributed by atoms with E-state index in [0.717, 1.165) is 15.1 Å². The molecule has 2 rings (SSSR count). The highest BCUT2D eigenvalue weighted by Gasteiger charge is 2.10. The summed E-state index contributed by atoms with van der Waals surface area (Å²) in [6.45, 7) is 0. The summed E-state index contributed by atoms with van der Waals surface area (Å²) in [4.78, 5) is 12.6. The zero-order valence-electron chi connectivity index (χ0n) is 10.2. The standard InChI is InChI=1S/C14H10BrCl2NOS/c15-9-4-1-2-7-12(9)18-13(19)8-20-14-10(16)5-3-6-11(14)17/h1-7H,8H2,(H,18,19). The van der Waals surface area contributed by atoms with Crippen molar-refractivity contribution in [1.82, 2.24) is 0 Å². The second-order valence-electron chi connectivity index (χ2n) is 3.87. The van der Waals surface area contributed by atoms with E-state index in [0.29, 0.717) is 10.0 Å². The van der Waals surface area contributed by atoms with Crippen molar-refractivity contribution in [3.63, 3.8) is 0 Å². The third kappa shape index (κ3) is 4.16. The summed E-state index contributed by atoms with van der Waals surface area (Å²) in [7, 11) is 0. The predicted molar refractivity (Wildman–Crippen MR) is 90.0 cm³/mol. The van der Waals surface area contributed by atoms with Gasteiger partial charge in [0.05, 0.1) is 21.5 Å². The fourth-order valence-electron chi connectivity index (χ4n) is 1.51. The van der Waals surface area contributed by atoms with Crippen molar-refractivity contribution < 1.29 is 4.79 Å². The molecular weight excluding hydrogens is 381 g/mol. The molecule has 0 bridgehead atoms. The van der Waals surface area contributed by atoms with Crippen LogP contribution in [0.5, 0.6) is 0 Å². The van der Waals surface area contributed by atoms with Gasteiger partial charge in [-0.3, -0.25) is 4.79 Å². The van der Waals surface area contributed by atoms with E-state index in [-0.39, 0.29) is 11.7 Å². The number of halogens is 3. The SMILES string of the molecule is O=C(CSc1c(Cl)cccc1Cl)Nc1ccccc1Br. The lowest BCUT2D eigenvalue weighted by molar-refractivity contribution is -0.113. The Morgan fingerprint density at radius 1 is 1.10 bits per heavy atom. The highest BCUT2D eigenvalue weighted by molar-refractivity contribution is 9.10. The van der Waals surface area contributed by atoms with Gasteiger partial charge in [-0.1, -0.05) is 41.4 Å². The Morgan fingerprint density at radius 2 is 1.75 bits per heavy atom. The number of hydrogen-bond acceptors (Lipinski definition) is 2. The first-order chi connectivity index (χ1) is 9.58. The van der Waals surface area contributed by atoms with Gasteiger partial charge in [0.2, 0.25) is 5.91 Å². The molecule has 0 heterocycles. The second-order valence-corrected chi connectivity index (χ2v) is 6.52. The average Bonchev–Trinajstić information content (AvgIpc) is 2.41. The fourth-order valence-corrected chi connectivity index (χ4v) is 3.38. The molecule has 0 saturated carbocycles. The highest BCUT2D eigenvalue weighted by Crippen LogP contribution is 2.33. The van der Waals surface area contributed by atoms with E-state index in [1.54, 1.807) is 18.2 Å². The maximum Gasteiger partial charge on any atom is 0.234 e. The number of amides is 1. The minimum absolute atomic E-state index is 0.113. The van der Waals surface area contributed by atoms with Crippen molar-refractivity contribution in [1.29, 1.82) is 0 Å². The summed E-state index contributed by atoms with van der Waals surface area (Å²) >= 11 is 16.8. The lowest BCUT2D eigenvalue weighted by atomic mass is 10.3. The molecule has 0 aliphatic heterocycles. The van der Waals surface area contributed by atoms with Gasteiger partial charge >= 0.3 is 0 Å². The summed E-state index contributed by atoms with van der Waals surface area (Å²) in [6, 6.07) is 12.7. The topological polar surface area (TPSA) is 29.1 Å². The Kier molecular flexibility index (Phi) is 5.78. The normalized spacial score (nSPS) is 10.3. The molecule has 0 radical (unpaired) electrons. The van der Waals surface area contributed by atoms with E-state index in [9.17, 15) is 4.79 Å². The maximum atomic E-state index is 11.9. The minimum atomic E-state index is -0.113. The van der Waals surface area contributed by atoms with E-state index in [1.165, 1.54) is 11.8 Å². The first kappa shape index (κ1) is 15.7. The van der Waals surface area contributed by atoms with Gasteiger partial charge in [0.15, 0.2) is 0 Å². The van der Waals surface area contributed by atoms with Crippen molar-refractivity contribution in [2.75, 3.05) is 11.1 Å². The van der Waals surface area contributed by atoms with Gasteiger partial charge in [0, 0.05) is 9.37 Å². The van der Waals surface area contributed by atoms with Crippen molar-refractivity contribution in [2.24, 2.45) is 0 Å². The predicted octanol–water partition coefficient (Wildman–Crippen LogP) is 5.49. The molecule has 6 heteroatoms. The fraction of sp³-hybridized carbons (Fsp3) is 0.0714. The number of benzene rings is 2. The van der Waals surface area contributed by atoms with E-state index in [1.807, 2.05) is 24.3 Å². The number of nitrogens with one attached hydrogen (secondary N) is 1. The number of carbonyl (C=O) groups excluding carboxylic acids is 1. The number of rotatable bonds is 4. The Labute approximate surface area is 140 Å². The smallest absolute Gasteiger partial charge is 0.234 e. The lowest BCUT2D eigenvalue weighted by Gasteiger charge is -2.08. The molecule has 0 unspecified atom stereocenters. The van der Waals surface area contributed by atoms with Crippen LogP contribution in [0.2, 0.25) is 10.0 Å². The van der Waals surface area contributed by atoms with Crippen LogP contribution in [0.3, 0.4) is 0 Å². The molecule has 0 aromatic heterocycles. The third-order valence-electron chi connectivity index (χ3n) is 2.41. The monoisotopic (exact) mass is 389 g/mol. The van der Waals surface area contributed by atoms with Gasteiger partial charge in [0.25, 0.3) is 0 Å². The summed E-state index contributed by atoms with van der Waals surface area (Å²) < 4.78 is 0.842. The molecule has 0 aliphatic carbocycles. The van der Waals surface area contributed by atoms with Crippen LogP contribution in [0.25, 0.3) is 0 Å². The van der Waals surface area contributed by atoms with Crippen molar-refractivity contribution in [3.05, 3.63) is 57.0 Å². The highest BCUT2D eigenvalue weighted by atomic mass is 79.9. The number of hydrogen-bond donors (Lipinski definition) is 1. The summed E-state index contributed by atoms with van der Waals surface area (Å²) in [5.41, 5.74) is 0.739. The van der Waals surface area contributed by atoms with Crippen LogP contribution < -0.4 is 5.32 Å². The van der Waals surface area contributed by atoms with Crippen LogP contribution in [-0.4, -0.2) is 11.7 Å². The van der Waals surface area contributed by atoms with Gasteiger partial charge in [0.1, 0.15) is 0 Å². The van der Waals surface area contributed by atoms with Crippen molar-refractivity contribution in [3.8, 4) is 0 Å². The number of para-hydroxylation sites is 1. The van der Waals surface area contributed by atoms with Gasteiger partial charge in [-0.2, -0.15) is 0 Å². The van der Waals surface area contributed by atoms with Gasteiger partial charge in [-0.25, -0.2) is 0 Å². The molecule has 0 fully saturated rings. The van der Waals surface area contributed by atoms with Gasteiger partial charge in [-0.05, 0) is 40.2 Å². The molecule has 2 aromatic carbocycles. The molecule has 1 amide bonds. The maximum absolute atomic E-state index is 11.9. The Bertz CT molecular complexity index is 616. The van der Waals surface area contributed by atoms with Gasteiger partial charge in [-0.15, -0.1) is 11.8 Å². The molecule has 1 N–H and O–H groups in total. The first-order valence-electron chi connectivity index (χ1n) is 5.69. The van der Waals surface area contributed by atoms with Crippen LogP contribution in [0.4, 0.5) is 5.69 Å². The molecule has 0 aliphatic rings. The second kappa shape index (κ2) is 7.36. The number of anilines is 1. The Hall–Kier alpha value is -0.680. The average molecular weight is 391 g/mol. The van der Waals surface area contributed by atoms with E-state index in [2.05, 4.69) is 21.2 Å². The minimum Gasteiger partial charge on any atom is -0.324 e. The Balaban J connectivity index is 1.98. The zero-order valence-corrected chi connectivity index (χ0v) is 14.1. The largest absolute Gasteiger partial charge is 0.324 e.